The van der Waals surface area contributed by atoms with Gasteiger partial charge in [0.1, 0.15) is 0 Å². The minimum atomic E-state index is -0.489. The van der Waals surface area contributed by atoms with Crippen molar-refractivity contribution < 1.29 is 10.0 Å². The lowest BCUT2D eigenvalue weighted by molar-refractivity contribution is 0.0938. The van der Waals surface area contributed by atoms with Crippen LogP contribution in [-0.2, 0) is 0 Å². The summed E-state index contributed by atoms with van der Waals surface area (Å²) in [4.78, 5) is 12.2. The molecule has 1 aromatic rings. The summed E-state index contributed by atoms with van der Waals surface area (Å²) in [5, 5.41) is 14.5. The second kappa shape index (κ2) is 6.22. The first-order valence-corrected chi connectivity index (χ1v) is 6.23. The number of rotatable bonds is 4. The predicted molar refractivity (Wildman–Crippen MR) is 75.4 cm³/mol. The number of nitrogens with one attached hydrogen (secondary N) is 1. The van der Waals surface area contributed by atoms with E-state index in [0.717, 1.165) is 11.1 Å². The number of nitrogens with zero attached hydrogens (tertiary/aromatic N) is 1. The van der Waals surface area contributed by atoms with E-state index in [1.165, 1.54) is 0 Å². The van der Waals surface area contributed by atoms with Crippen LogP contribution in [0.5, 0.6) is 0 Å². The number of aryl methyl sites for hydroxylation is 1. The smallest absolute Gasteiger partial charge is 0.252 e. The molecule has 104 valence electrons. The average molecular weight is 263 g/mol. The molecule has 0 radical (unpaired) electrons. The third kappa shape index (κ3) is 3.47. The van der Waals surface area contributed by atoms with Crippen molar-refractivity contribution >= 4 is 11.7 Å². The molecule has 0 saturated heterocycles. The standard InChI is InChI=1S/C14H21N3O2/c1-8(2)12(13(15)17-19)16-14(18)11-7-5-6-9(3)10(11)4/h5-8,12,19H,1-4H3,(H2,15,17)(H,16,18). The second-order valence-electron chi connectivity index (χ2n) is 4.97. The number of amides is 1. The zero-order valence-electron chi connectivity index (χ0n) is 11.8. The molecule has 19 heavy (non-hydrogen) atoms. The Bertz CT molecular complexity index is 495. The molecule has 0 saturated carbocycles. The highest BCUT2D eigenvalue weighted by atomic mass is 16.4. The molecule has 1 rings (SSSR count). The van der Waals surface area contributed by atoms with Crippen LogP contribution < -0.4 is 11.1 Å². The van der Waals surface area contributed by atoms with Gasteiger partial charge in [-0.25, -0.2) is 0 Å². The predicted octanol–water partition coefficient (Wildman–Crippen LogP) is 1.80. The summed E-state index contributed by atoms with van der Waals surface area (Å²) in [6.45, 7) is 7.64. The van der Waals surface area contributed by atoms with Gasteiger partial charge in [0.05, 0.1) is 6.04 Å². The Morgan fingerprint density at radius 1 is 1.37 bits per heavy atom. The molecule has 5 heteroatoms. The largest absolute Gasteiger partial charge is 0.409 e. The van der Waals surface area contributed by atoms with E-state index in [2.05, 4.69) is 10.5 Å². The van der Waals surface area contributed by atoms with Crippen molar-refractivity contribution in [3.63, 3.8) is 0 Å². The molecular weight excluding hydrogens is 242 g/mol. The van der Waals surface area contributed by atoms with Gasteiger partial charge in [-0.2, -0.15) is 0 Å². The molecule has 1 amide bonds. The van der Waals surface area contributed by atoms with Gasteiger partial charge >= 0.3 is 0 Å². The molecule has 0 spiro atoms. The van der Waals surface area contributed by atoms with Crippen molar-refractivity contribution in [2.75, 3.05) is 0 Å². The fourth-order valence-electron chi connectivity index (χ4n) is 1.86. The lowest BCUT2D eigenvalue weighted by Crippen LogP contribution is -2.48. The SMILES string of the molecule is Cc1cccc(C(=O)NC(C(N)=NO)C(C)C)c1C. The maximum absolute atomic E-state index is 12.2. The monoisotopic (exact) mass is 263 g/mol. The number of nitrogens with two attached hydrogens (primary N) is 1. The molecule has 0 aliphatic carbocycles. The number of carbonyl (C=O) groups excluding carboxylic acids is 1. The minimum absolute atomic E-state index is 0.00801. The van der Waals surface area contributed by atoms with Gasteiger partial charge in [-0.1, -0.05) is 31.1 Å². The number of oxime groups is 1. The second-order valence-corrected chi connectivity index (χ2v) is 4.97. The van der Waals surface area contributed by atoms with E-state index in [1.54, 1.807) is 6.07 Å². The van der Waals surface area contributed by atoms with Crippen LogP contribution in [0.2, 0.25) is 0 Å². The van der Waals surface area contributed by atoms with E-state index in [4.69, 9.17) is 10.9 Å². The molecule has 0 heterocycles. The van der Waals surface area contributed by atoms with Gasteiger partial charge in [-0.15, -0.1) is 0 Å². The Balaban J connectivity index is 2.98. The molecule has 4 N–H and O–H groups in total. The van der Waals surface area contributed by atoms with E-state index in [0.29, 0.717) is 5.56 Å². The molecule has 0 aliphatic heterocycles. The highest BCUT2D eigenvalue weighted by Crippen LogP contribution is 2.13. The van der Waals surface area contributed by atoms with E-state index >= 15 is 0 Å². The Kier molecular flexibility index (Phi) is 4.92. The number of amidine groups is 1. The van der Waals surface area contributed by atoms with Gasteiger partial charge in [0.15, 0.2) is 5.84 Å². The Morgan fingerprint density at radius 3 is 2.53 bits per heavy atom. The molecule has 1 atom stereocenters. The van der Waals surface area contributed by atoms with Crippen LogP contribution in [0.25, 0.3) is 0 Å². The molecule has 5 nitrogen and oxygen atoms in total. The quantitative estimate of drug-likeness (QED) is 0.335. The summed E-state index contributed by atoms with van der Waals surface area (Å²) in [6.07, 6.45) is 0. The average Bonchev–Trinajstić information content (AvgIpc) is 2.37. The van der Waals surface area contributed by atoms with Gasteiger partial charge in [0.25, 0.3) is 5.91 Å². The van der Waals surface area contributed by atoms with Crippen LogP contribution in [0.15, 0.2) is 23.4 Å². The molecular formula is C14H21N3O2. The van der Waals surface area contributed by atoms with E-state index in [9.17, 15) is 4.79 Å². The third-order valence-corrected chi connectivity index (χ3v) is 3.24. The van der Waals surface area contributed by atoms with Gasteiger partial charge in [0, 0.05) is 5.56 Å². The third-order valence-electron chi connectivity index (χ3n) is 3.24. The first kappa shape index (κ1) is 15.0. The highest BCUT2D eigenvalue weighted by molar-refractivity contribution is 5.99. The van der Waals surface area contributed by atoms with Crippen molar-refractivity contribution in [1.29, 1.82) is 0 Å². The normalized spacial score (nSPS) is 13.4. The van der Waals surface area contributed by atoms with Crippen LogP contribution in [-0.4, -0.2) is 23.0 Å². The summed E-state index contributed by atoms with van der Waals surface area (Å²) in [6, 6.07) is 5.07. The fraction of sp³-hybridized carbons (Fsp3) is 0.429. The number of hydrogen-bond acceptors (Lipinski definition) is 3. The summed E-state index contributed by atoms with van der Waals surface area (Å²) >= 11 is 0. The zero-order valence-corrected chi connectivity index (χ0v) is 11.8. The van der Waals surface area contributed by atoms with Crippen molar-refractivity contribution in [1.82, 2.24) is 5.32 Å². The Morgan fingerprint density at radius 2 is 2.00 bits per heavy atom. The molecule has 1 aromatic carbocycles. The number of carbonyl (C=O) groups is 1. The van der Waals surface area contributed by atoms with Crippen LogP contribution >= 0.6 is 0 Å². The lowest BCUT2D eigenvalue weighted by atomic mass is 10.00. The van der Waals surface area contributed by atoms with E-state index < -0.39 is 6.04 Å². The van der Waals surface area contributed by atoms with Crippen LogP contribution in [0.3, 0.4) is 0 Å². The first-order valence-electron chi connectivity index (χ1n) is 6.23. The Hall–Kier alpha value is -2.04. The lowest BCUT2D eigenvalue weighted by Gasteiger charge is -2.21. The molecule has 0 aromatic heterocycles. The molecule has 0 aliphatic rings. The number of benzene rings is 1. The molecule has 0 bridgehead atoms. The topological polar surface area (TPSA) is 87.7 Å². The van der Waals surface area contributed by atoms with Gasteiger partial charge in [0.2, 0.25) is 0 Å². The van der Waals surface area contributed by atoms with Gasteiger partial charge in [-0.3, -0.25) is 4.79 Å². The van der Waals surface area contributed by atoms with Crippen LogP contribution in [0.4, 0.5) is 0 Å². The Labute approximate surface area is 113 Å². The summed E-state index contributed by atoms with van der Waals surface area (Å²) in [7, 11) is 0. The van der Waals surface area contributed by atoms with Gasteiger partial charge in [-0.05, 0) is 37.0 Å². The van der Waals surface area contributed by atoms with Crippen molar-refractivity contribution in [2.45, 2.75) is 33.7 Å². The summed E-state index contributed by atoms with van der Waals surface area (Å²) in [5.41, 5.74) is 8.19. The first-order chi connectivity index (χ1) is 8.88. The van der Waals surface area contributed by atoms with Crippen LogP contribution in [0, 0.1) is 19.8 Å². The van der Waals surface area contributed by atoms with Crippen molar-refractivity contribution in [3.05, 3.63) is 34.9 Å². The number of hydrogen-bond donors (Lipinski definition) is 3. The zero-order chi connectivity index (χ0) is 14.6. The van der Waals surface area contributed by atoms with Gasteiger partial charge < -0.3 is 16.3 Å². The minimum Gasteiger partial charge on any atom is -0.409 e. The highest BCUT2D eigenvalue weighted by Gasteiger charge is 2.22. The maximum atomic E-state index is 12.2. The van der Waals surface area contributed by atoms with Crippen molar-refractivity contribution in [3.8, 4) is 0 Å². The maximum Gasteiger partial charge on any atom is 0.252 e. The fourth-order valence-corrected chi connectivity index (χ4v) is 1.86. The van der Waals surface area contributed by atoms with E-state index in [-0.39, 0.29) is 17.7 Å². The van der Waals surface area contributed by atoms with E-state index in [1.807, 2.05) is 39.8 Å². The summed E-state index contributed by atoms with van der Waals surface area (Å²) in [5.74, 6) is -0.176. The molecule has 1 unspecified atom stereocenters. The van der Waals surface area contributed by atoms with Crippen LogP contribution in [0.1, 0.15) is 35.3 Å². The molecule has 0 fully saturated rings. The van der Waals surface area contributed by atoms with Crippen molar-refractivity contribution in [2.24, 2.45) is 16.8 Å². The summed E-state index contributed by atoms with van der Waals surface area (Å²) < 4.78 is 0.